The number of rotatable bonds is 6. The first-order valence-corrected chi connectivity index (χ1v) is 7.41. The molecule has 0 fully saturated rings. The molecule has 1 aromatic carbocycles. The van der Waals surface area contributed by atoms with Gasteiger partial charge in [0.25, 0.3) is 0 Å². The molecule has 0 amide bonds. The number of nitrogens with one attached hydrogen (secondary N) is 1. The van der Waals surface area contributed by atoms with Gasteiger partial charge in [-0.2, -0.15) is 0 Å². The maximum Gasteiger partial charge on any atom is 0.0462 e. The minimum atomic E-state index is 0.156. The van der Waals surface area contributed by atoms with Crippen molar-refractivity contribution in [3.63, 3.8) is 0 Å². The number of nitrogens with two attached hydrogens (primary N) is 1. The summed E-state index contributed by atoms with van der Waals surface area (Å²) in [6.07, 6.45) is 3.57. The Morgan fingerprint density at radius 2 is 1.74 bits per heavy atom. The number of hydrogen-bond acceptors (Lipinski definition) is 2. The van der Waals surface area contributed by atoms with Crippen molar-refractivity contribution in [2.75, 3.05) is 0 Å². The Kier molecular flexibility index (Phi) is 6.02. The van der Waals surface area contributed by atoms with Gasteiger partial charge >= 0.3 is 0 Å². The molecule has 1 atom stereocenters. The predicted molar refractivity (Wildman–Crippen MR) is 83.9 cm³/mol. The highest BCUT2D eigenvalue weighted by Crippen LogP contribution is 2.31. The molecule has 0 aliphatic heterocycles. The fourth-order valence-electron chi connectivity index (χ4n) is 2.54. The topological polar surface area (TPSA) is 38.0 Å². The Morgan fingerprint density at radius 3 is 2.26 bits per heavy atom. The van der Waals surface area contributed by atoms with Gasteiger partial charge in [0, 0.05) is 6.04 Å². The van der Waals surface area contributed by atoms with E-state index in [2.05, 4.69) is 64.3 Å². The molecule has 0 aliphatic rings. The van der Waals surface area contributed by atoms with Crippen LogP contribution in [0.5, 0.6) is 0 Å². The molecule has 0 aromatic heterocycles. The van der Waals surface area contributed by atoms with E-state index in [9.17, 15) is 0 Å². The Bertz CT molecular complexity index is 377. The third kappa shape index (κ3) is 4.96. The van der Waals surface area contributed by atoms with Crippen molar-refractivity contribution in [3.05, 3.63) is 35.4 Å². The van der Waals surface area contributed by atoms with Crippen LogP contribution in [0.2, 0.25) is 0 Å². The minimum absolute atomic E-state index is 0.156. The van der Waals surface area contributed by atoms with Crippen LogP contribution in [0.25, 0.3) is 0 Å². The van der Waals surface area contributed by atoms with E-state index in [0.29, 0.717) is 0 Å². The highest BCUT2D eigenvalue weighted by Gasteiger charge is 2.21. The van der Waals surface area contributed by atoms with Gasteiger partial charge in [-0.25, -0.2) is 0 Å². The summed E-state index contributed by atoms with van der Waals surface area (Å²) in [7, 11) is 0. The van der Waals surface area contributed by atoms with Gasteiger partial charge in [-0.15, -0.1) is 0 Å². The lowest BCUT2D eigenvalue weighted by Crippen LogP contribution is -2.30. The lowest BCUT2D eigenvalue weighted by Gasteiger charge is -2.27. The summed E-state index contributed by atoms with van der Waals surface area (Å²) in [5, 5.41) is 0. The second-order valence-electron chi connectivity index (χ2n) is 6.88. The zero-order chi connectivity index (χ0) is 14.5. The molecule has 1 rings (SSSR count). The van der Waals surface area contributed by atoms with Gasteiger partial charge in [-0.1, -0.05) is 71.7 Å². The summed E-state index contributed by atoms with van der Waals surface area (Å²) >= 11 is 0. The molecule has 2 nitrogen and oxygen atoms in total. The smallest absolute Gasteiger partial charge is 0.0462 e. The number of benzene rings is 1. The first kappa shape index (κ1) is 16.2. The number of hydrazine groups is 1. The van der Waals surface area contributed by atoms with Crippen molar-refractivity contribution < 1.29 is 0 Å². The van der Waals surface area contributed by atoms with E-state index in [-0.39, 0.29) is 11.5 Å². The molecule has 0 aliphatic carbocycles. The van der Waals surface area contributed by atoms with Crippen LogP contribution in [0.1, 0.15) is 71.0 Å². The summed E-state index contributed by atoms with van der Waals surface area (Å²) in [5.74, 6) is 6.54. The number of hydrogen-bond donors (Lipinski definition) is 2. The first-order chi connectivity index (χ1) is 8.86. The molecule has 3 N–H and O–H groups in total. The average Bonchev–Trinajstić information content (AvgIpc) is 2.33. The Morgan fingerprint density at radius 1 is 1.11 bits per heavy atom. The summed E-state index contributed by atoms with van der Waals surface area (Å²) in [5.41, 5.74) is 5.90. The average molecular weight is 262 g/mol. The zero-order valence-corrected chi connectivity index (χ0v) is 13.2. The van der Waals surface area contributed by atoms with Gasteiger partial charge in [0.15, 0.2) is 0 Å². The molecule has 0 heterocycles. The van der Waals surface area contributed by atoms with E-state index in [1.807, 2.05) is 0 Å². The Labute approximate surface area is 118 Å². The normalized spacial score (nSPS) is 13.8. The molecular weight excluding hydrogens is 232 g/mol. The highest BCUT2D eigenvalue weighted by atomic mass is 15.2. The second kappa shape index (κ2) is 7.06. The molecular formula is C17H30N2. The van der Waals surface area contributed by atoms with Crippen LogP contribution in [0.4, 0.5) is 0 Å². The maximum atomic E-state index is 5.78. The van der Waals surface area contributed by atoms with E-state index in [1.165, 1.54) is 24.0 Å². The van der Waals surface area contributed by atoms with Crippen molar-refractivity contribution in [1.29, 1.82) is 0 Å². The third-order valence-electron chi connectivity index (χ3n) is 3.62. The van der Waals surface area contributed by atoms with Gasteiger partial charge in [-0.05, 0) is 28.9 Å². The summed E-state index contributed by atoms with van der Waals surface area (Å²) < 4.78 is 0. The molecule has 0 radical (unpaired) electrons. The second-order valence-corrected chi connectivity index (χ2v) is 6.88. The molecule has 19 heavy (non-hydrogen) atoms. The van der Waals surface area contributed by atoms with Crippen LogP contribution in [0, 0.1) is 5.92 Å². The third-order valence-corrected chi connectivity index (χ3v) is 3.62. The molecule has 0 saturated heterocycles. The highest BCUT2D eigenvalue weighted by molar-refractivity contribution is 5.35. The van der Waals surface area contributed by atoms with E-state index < -0.39 is 0 Å². The quantitative estimate of drug-likeness (QED) is 0.592. The van der Waals surface area contributed by atoms with Gasteiger partial charge in [0.2, 0.25) is 0 Å². The van der Waals surface area contributed by atoms with Crippen LogP contribution in [0.3, 0.4) is 0 Å². The summed E-state index contributed by atoms with van der Waals surface area (Å²) in [6, 6.07) is 8.92. The first-order valence-electron chi connectivity index (χ1n) is 7.41. The maximum absolute atomic E-state index is 5.78. The van der Waals surface area contributed by atoms with E-state index in [0.717, 1.165) is 12.3 Å². The standard InChI is InChI=1S/C17H30N2/c1-13(2)9-8-12-16(19-18)14-10-6-7-11-15(14)17(3,4)5/h6-7,10-11,13,16,19H,8-9,12,18H2,1-5H3. The lowest BCUT2D eigenvalue weighted by molar-refractivity contribution is 0.446. The van der Waals surface area contributed by atoms with Crippen molar-refractivity contribution >= 4 is 0 Å². The fourth-order valence-corrected chi connectivity index (χ4v) is 2.54. The SMILES string of the molecule is CC(C)CCCC(NN)c1ccccc1C(C)(C)C. The predicted octanol–water partition coefficient (Wildman–Crippen LogP) is 4.31. The summed E-state index contributed by atoms with van der Waals surface area (Å²) in [6.45, 7) is 11.3. The largest absolute Gasteiger partial charge is 0.271 e. The van der Waals surface area contributed by atoms with E-state index in [4.69, 9.17) is 5.84 Å². The zero-order valence-electron chi connectivity index (χ0n) is 13.2. The van der Waals surface area contributed by atoms with E-state index in [1.54, 1.807) is 0 Å². The van der Waals surface area contributed by atoms with Crippen LogP contribution < -0.4 is 11.3 Å². The van der Waals surface area contributed by atoms with Crippen LogP contribution in [0.15, 0.2) is 24.3 Å². The Balaban J connectivity index is 2.86. The lowest BCUT2D eigenvalue weighted by atomic mass is 9.81. The van der Waals surface area contributed by atoms with Gasteiger partial charge in [0.05, 0.1) is 0 Å². The van der Waals surface area contributed by atoms with Crippen LogP contribution >= 0.6 is 0 Å². The fraction of sp³-hybridized carbons (Fsp3) is 0.647. The monoisotopic (exact) mass is 262 g/mol. The van der Waals surface area contributed by atoms with Crippen LogP contribution in [-0.4, -0.2) is 0 Å². The minimum Gasteiger partial charge on any atom is -0.271 e. The van der Waals surface area contributed by atoms with Gasteiger partial charge in [-0.3, -0.25) is 11.3 Å². The molecule has 108 valence electrons. The Hall–Kier alpha value is -0.860. The van der Waals surface area contributed by atoms with Crippen molar-refractivity contribution in [3.8, 4) is 0 Å². The molecule has 0 spiro atoms. The van der Waals surface area contributed by atoms with Gasteiger partial charge in [0.1, 0.15) is 0 Å². The molecule has 0 bridgehead atoms. The van der Waals surface area contributed by atoms with Crippen LogP contribution in [-0.2, 0) is 5.41 Å². The van der Waals surface area contributed by atoms with Crippen molar-refractivity contribution in [2.45, 2.75) is 65.3 Å². The summed E-state index contributed by atoms with van der Waals surface area (Å²) in [4.78, 5) is 0. The van der Waals surface area contributed by atoms with Gasteiger partial charge < -0.3 is 0 Å². The van der Waals surface area contributed by atoms with E-state index >= 15 is 0 Å². The molecule has 1 aromatic rings. The molecule has 2 heteroatoms. The van der Waals surface area contributed by atoms with Crippen molar-refractivity contribution in [2.24, 2.45) is 11.8 Å². The molecule has 0 saturated carbocycles. The molecule has 1 unspecified atom stereocenters. The van der Waals surface area contributed by atoms with Crippen molar-refractivity contribution in [1.82, 2.24) is 5.43 Å².